The Kier molecular flexibility index (Phi) is 11.1. The summed E-state index contributed by atoms with van der Waals surface area (Å²) in [7, 11) is 1.45. The van der Waals surface area contributed by atoms with Gasteiger partial charge in [0.05, 0.1) is 23.0 Å². The van der Waals surface area contributed by atoms with E-state index in [0.717, 1.165) is 11.3 Å². The second-order valence-corrected chi connectivity index (χ2v) is 5.14. The van der Waals surface area contributed by atoms with Crippen LogP contribution in [0.2, 0.25) is 0 Å². The highest BCUT2D eigenvalue weighted by Gasteiger charge is 2.08. The van der Waals surface area contributed by atoms with Gasteiger partial charge in [0, 0.05) is 24.5 Å². The zero-order valence-electron chi connectivity index (χ0n) is 15.8. The molecule has 7 heteroatoms. The zero-order valence-corrected chi connectivity index (χ0v) is 15.8. The van der Waals surface area contributed by atoms with Gasteiger partial charge >= 0.3 is 5.97 Å². The predicted octanol–water partition coefficient (Wildman–Crippen LogP) is 3.71. The van der Waals surface area contributed by atoms with Crippen LogP contribution >= 0.6 is 0 Å². The van der Waals surface area contributed by atoms with Crippen molar-refractivity contribution in [1.29, 1.82) is 5.26 Å². The molecule has 0 amide bonds. The molecule has 0 aliphatic carbocycles. The highest BCUT2D eigenvalue weighted by atomic mass is 19.1. The van der Waals surface area contributed by atoms with Crippen LogP contribution < -0.4 is 5.73 Å². The number of aromatic nitrogens is 1. The quantitative estimate of drug-likeness (QED) is 0.355. The van der Waals surface area contributed by atoms with Crippen LogP contribution in [0.15, 0.2) is 59.0 Å². The molecule has 0 radical (unpaired) electrons. The molecule has 0 atom stereocenters. The van der Waals surface area contributed by atoms with E-state index < -0.39 is 5.97 Å². The van der Waals surface area contributed by atoms with Crippen LogP contribution in [0.25, 0.3) is 6.08 Å². The molecule has 0 bridgehead atoms. The van der Waals surface area contributed by atoms with Gasteiger partial charge in [-0.3, -0.25) is 9.98 Å². The maximum Gasteiger partial charge on any atom is 0.339 e. The van der Waals surface area contributed by atoms with Crippen LogP contribution in [-0.2, 0) is 4.79 Å². The van der Waals surface area contributed by atoms with Gasteiger partial charge < -0.3 is 10.8 Å². The molecule has 1 aromatic heterocycles. The molecule has 27 heavy (non-hydrogen) atoms. The number of aryl methyl sites for hydroxylation is 1. The van der Waals surface area contributed by atoms with E-state index in [9.17, 15) is 9.18 Å². The lowest BCUT2D eigenvalue weighted by Gasteiger charge is -1.97. The molecule has 0 saturated heterocycles. The highest BCUT2D eigenvalue weighted by molar-refractivity contribution is 6.17. The maximum atomic E-state index is 12.3. The molecular weight excluding hydrogens is 347 g/mol. The fourth-order valence-electron chi connectivity index (χ4n) is 1.71. The summed E-state index contributed by atoms with van der Waals surface area (Å²) in [6.45, 7) is 4.82. The standard InChI is InChI=1S/C14H13FN2.C6H10N2O2/c1-11(15)6-4-3-5-7-13-10-17-12(2)8-14(13)9-16;1-3-4(6(9)10)5(7)8-2/h3-8,10H,1-2H3;3H,1-2H3,(H2,7,8)(H,9,10)/b4-3-,7-5+,11-6+;4-3+. The second-order valence-electron chi connectivity index (χ2n) is 5.14. The van der Waals surface area contributed by atoms with Crippen molar-refractivity contribution in [3.8, 4) is 6.07 Å². The molecule has 0 aliphatic rings. The number of nitrogens with zero attached hydrogens (tertiary/aromatic N) is 3. The van der Waals surface area contributed by atoms with Crippen LogP contribution in [0.5, 0.6) is 0 Å². The summed E-state index contributed by atoms with van der Waals surface area (Å²) in [6.07, 6.45) is 11.2. The van der Waals surface area contributed by atoms with E-state index in [1.807, 2.05) is 6.92 Å². The molecule has 6 nitrogen and oxygen atoms in total. The number of aliphatic carboxylic acids is 1. The van der Waals surface area contributed by atoms with Crippen molar-refractivity contribution in [1.82, 2.24) is 4.98 Å². The monoisotopic (exact) mass is 370 g/mol. The molecular formula is C20H23FN4O2. The van der Waals surface area contributed by atoms with E-state index in [0.29, 0.717) is 5.56 Å². The number of carboxylic acids is 1. The van der Waals surface area contributed by atoms with Gasteiger partial charge in [-0.1, -0.05) is 30.4 Å². The van der Waals surface area contributed by atoms with Crippen molar-refractivity contribution in [2.75, 3.05) is 7.05 Å². The summed E-state index contributed by atoms with van der Waals surface area (Å²) in [5, 5.41) is 17.4. The van der Waals surface area contributed by atoms with Crippen molar-refractivity contribution in [2.45, 2.75) is 20.8 Å². The fraction of sp³-hybridized carbons (Fsp3) is 0.200. The summed E-state index contributed by atoms with van der Waals surface area (Å²) >= 11 is 0. The van der Waals surface area contributed by atoms with Gasteiger partial charge in [-0.15, -0.1) is 0 Å². The lowest BCUT2D eigenvalue weighted by atomic mass is 10.1. The molecule has 1 heterocycles. The van der Waals surface area contributed by atoms with Gasteiger partial charge in [0.2, 0.25) is 0 Å². The minimum atomic E-state index is -1.05. The largest absolute Gasteiger partial charge is 0.478 e. The summed E-state index contributed by atoms with van der Waals surface area (Å²) in [5.74, 6) is -1.25. The van der Waals surface area contributed by atoms with E-state index in [-0.39, 0.29) is 17.2 Å². The van der Waals surface area contributed by atoms with E-state index >= 15 is 0 Å². The SMILES string of the molecule is C/C=C(/C(=O)O)C(N)=NC.C\C(F)=C/C=C\C=C\c1cnc(C)cc1C#N. The van der Waals surface area contributed by atoms with Gasteiger partial charge in [0.1, 0.15) is 5.84 Å². The summed E-state index contributed by atoms with van der Waals surface area (Å²) in [5.41, 5.74) is 7.42. The molecule has 1 aromatic rings. The molecule has 3 N–H and O–H groups in total. The average Bonchev–Trinajstić information content (AvgIpc) is 2.62. The van der Waals surface area contributed by atoms with Crippen molar-refractivity contribution >= 4 is 17.9 Å². The molecule has 0 fully saturated rings. The van der Waals surface area contributed by atoms with E-state index in [4.69, 9.17) is 16.1 Å². The first kappa shape index (κ1) is 23.5. The normalized spacial score (nSPS) is 12.7. The average molecular weight is 370 g/mol. The first-order chi connectivity index (χ1) is 12.8. The summed E-state index contributed by atoms with van der Waals surface area (Å²) < 4.78 is 12.3. The second kappa shape index (κ2) is 12.8. The number of amidine groups is 1. The lowest BCUT2D eigenvalue weighted by molar-refractivity contribution is -0.132. The Morgan fingerprint density at radius 1 is 1.41 bits per heavy atom. The third-order valence-corrected chi connectivity index (χ3v) is 3.05. The molecule has 142 valence electrons. The Morgan fingerprint density at radius 2 is 2.07 bits per heavy atom. The lowest BCUT2D eigenvalue weighted by Crippen LogP contribution is -2.20. The number of pyridine rings is 1. The van der Waals surface area contributed by atoms with Crippen molar-refractivity contribution in [3.63, 3.8) is 0 Å². The molecule has 0 spiro atoms. The number of carbonyl (C=O) groups is 1. The number of hydrogen-bond donors (Lipinski definition) is 2. The topological polar surface area (TPSA) is 112 Å². The Hall–Kier alpha value is -3.53. The number of halogens is 1. The van der Waals surface area contributed by atoms with Crippen LogP contribution in [-0.4, -0.2) is 28.9 Å². The van der Waals surface area contributed by atoms with Gasteiger partial charge in [-0.05, 0) is 32.9 Å². The zero-order chi connectivity index (χ0) is 20.8. The number of hydrogen-bond acceptors (Lipinski definition) is 4. The Labute approximate surface area is 158 Å². The summed E-state index contributed by atoms with van der Waals surface area (Å²) in [4.78, 5) is 17.9. The fourth-order valence-corrected chi connectivity index (χ4v) is 1.71. The number of nitriles is 1. The van der Waals surface area contributed by atoms with Crippen molar-refractivity contribution in [3.05, 3.63) is 70.9 Å². The molecule has 1 rings (SSSR count). The number of allylic oxidation sites excluding steroid dienone is 6. The van der Waals surface area contributed by atoms with Gasteiger partial charge in [0.15, 0.2) is 0 Å². The first-order valence-corrected chi connectivity index (χ1v) is 7.92. The van der Waals surface area contributed by atoms with Crippen molar-refractivity contribution < 1.29 is 14.3 Å². The third-order valence-electron chi connectivity index (χ3n) is 3.05. The molecule has 0 saturated carbocycles. The Bertz CT molecular complexity index is 840. The van der Waals surface area contributed by atoms with E-state index in [1.165, 1.54) is 26.1 Å². The number of aliphatic imine (C=N–C) groups is 1. The van der Waals surface area contributed by atoms with Gasteiger partial charge in [-0.2, -0.15) is 5.26 Å². The minimum Gasteiger partial charge on any atom is -0.478 e. The predicted molar refractivity (Wildman–Crippen MR) is 106 cm³/mol. The first-order valence-electron chi connectivity index (χ1n) is 7.92. The number of carboxylic acid groups (broad SMARTS) is 1. The van der Waals surface area contributed by atoms with E-state index in [1.54, 1.807) is 43.5 Å². The molecule has 0 unspecified atom stereocenters. The Balaban J connectivity index is 0.000000580. The highest BCUT2D eigenvalue weighted by Crippen LogP contribution is 2.10. The van der Waals surface area contributed by atoms with Crippen LogP contribution in [0.3, 0.4) is 0 Å². The Morgan fingerprint density at radius 3 is 2.52 bits per heavy atom. The maximum absolute atomic E-state index is 12.3. The van der Waals surface area contributed by atoms with Gasteiger partial charge in [-0.25, -0.2) is 9.18 Å². The van der Waals surface area contributed by atoms with Crippen molar-refractivity contribution in [2.24, 2.45) is 10.7 Å². The number of rotatable bonds is 5. The third kappa shape index (κ3) is 9.51. The van der Waals surface area contributed by atoms with Crippen LogP contribution in [0, 0.1) is 18.3 Å². The van der Waals surface area contributed by atoms with Gasteiger partial charge in [0.25, 0.3) is 0 Å². The minimum absolute atomic E-state index is 0.0440. The smallest absolute Gasteiger partial charge is 0.339 e. The molecule has 0 aromatic carbocycles. The number of nitrogens with two attached hydrogens (primary N) is 1. The van der Waals surface area contributed by atoms with E-state index in [2.05, 4.69) is 16.0 Å². The molecule has 0 aliphatic heterocycles. The van der Waals surface area contributed by atoms with Crippen LogP contribution in [0.1, 0.15) is 30.7 Å². The van der Waals surface area contributed by atoms with Crippen LogP contribution in [0.4, 0.5) is 4.39 Å². The summed E-state index contributed by atoms with van der Waals surface area (Å²) in [6, 6.07) is 3.84.